The number of carbonyl (C=O) groups is 1. The van der Waals surface area contributed by atoms with E-state index in [4.69, 9.17) is 4.74 Å². The minimum atomic E-state index is -0.342. The maximum atomic E-state index is 10.9. The molecular weight excluding hydrogens is 328 g/mol. The Morgan fingerprint density at radius 2 is 1.89 bits per heavy atom. The zero-order valence-electron chi connectivity index (χ0n) is 10.1. The molecule has 0 fully saturated rings. The van der Waals surface area contributed by atoms with Crippen LogP contribution in [0.2, 0.25) is 0 Å². The van der Waals surface area contributed by atoms with Gasteiger partial charge in [0.1, 0.15) is 11.5 Å². The number of benzene rings is 2. The van der Waals surface area contributed by atoms with Gasteiger partial charge >= 0.3 is 5.97 Å². The van der Waals surface area contributed by atoms with Gasteiger partial charge in [0.2, 0.25) is 0 Å². The molecule has 0 atom stereocenters. The third-order valence-electron chi connectivity index (χ3n) is 2.23. The van der Waals surface area contributed by atoms with Crippen molar-refractivity contribution in [1.82, 2.24) is 0 Å². The Kier molecular flexibility index (Phi) is 4.50. The van der Waals surface area contributed by atoms with Gasteiger partial charge in [-0.15, -0.1) is 0 Å². The number of rotatable bonds is 3. The zero-order valence-corrected chi connectivity index (χ0v) is 12.5. The third-order valence-corrected chi connectivity index (χ3v) is 4.23. The number of ether oxygens (including phenoxy) is 1. The van der Waals surface area contributed by atoms with Crippen molar-refractivity contribution in [2.45, 2.75) is 16.7 Å². The molecule has 0 radical (unpaired) electrons. The molecule has 3 nitrogen and oxygen atoms in total. The van der Waals surface area contributed by atoms with Gasteiger partial charge in [0.15, 0.2) is 0 Å². The van der Waals surface area contributed by atoms with Crippen LogP contribution in [0.15, 0.2) is 56.7 Å². The number of phenols is 1. The van der Waals surface area contributed by atoms with Crippen LogP contribution >= 0.6 is 27.7 Å². The number of hydrogen-bond acceptors (Lipinski definition) is 4. The number of halogens is 1. The number of aromatic hydroxyl groups is 1. The van der Waals surface area contributed by atoms with Crippen LogP contribution in [0.25, 0.3) is 0 Å². The van der Waals surface area contributed by atoms with Crippen LogP contribution in [0.3, 0.4) is 0 Å². The molecule has 1 N–H and O–H groups in total. The van der Waals surface area contributed by atoms with Crippen LogP contribution in [0, 0.1) is 0 Å². The first-order valence-corrected chi connectivity index (χ1v) is 7.10. The monoisotopic (exact) mass is 338 g/mol. The summed E-state index contributed by atoms with van der Waals surface area (Å²) < 4.78 is 5.86. The van der Waals surface area contributed by atoms with Crippen molar-refractivity contribution in [2.75, 3.05) is 0 Å². The standard InChI is InChI=1S/C14H11BrO3S/c1-9(16)18-11-4-7-14(13(15)8-11)19-12-5-2-10(17)3-6-12/h2-8,17H,1H3. The Morgan fingerprint density at radius 3 is 2.47 bits per heavy atom. The van der Waals surface area contributed by atoms with Crippen molar-refractivity contribution >= 4 is 33.7 Å². The lowest BCUT2D eigenvalue weighted by molar-refractivity contribution is -0.131. The van der Waals surface area contributed by atoms with E-state index in [9.17, 15) is 9.90 Å². The smallest absolute Gasteiger partial charge is 0.308 e. The van der Waals surface area contributed by atoms with Crippen LogP contribution in [0.1, 0.15) is 6.92 Å². The number of hydrogen-bond donors (Lipinski definition) is 1. The van der Waals surface area contributed by atoms with Gasteiger partial charge < -0.3 is 9.84 Å². The molecule has 0 aliphatic carbocycles. The Morgan fingerprint density at radius 1 is 1.21 bits per heavy atom. The predicted octanol–water partition coefficient (Wildman–Crippen LogP) is 4.23. The van der Waals surface area contributed by atoms with E-state index in [1.807, 2.05) is 18.2 Å². The van der Waals surface area contributed by atoms with Crippen molar-refractivity contribution in [3.8, 4) is 11.5 Å². The minimum Gasteiger partial charge on any atom is -0.508 e. The SMILES string of the molecule is CC(=O)Oc1ccc(Sc2ccc(O)cc2)c(Br)c1. The van der Waals surface area contributed by atoms with E-state index in [0.29, 0.717) is 5.75 Å². The maximum Gasteiger partial charge on any atom is 0.308 e. The summed E-state index contributed by atoms with van der Waals surface area (Å²) in [6, 6.07) is 12.3. The van der Waals surface area contributed by atoms with Crippen LogP contribution in [0.4, 0.5) is 0 Å². The van der Waals surface area contributed by atoms with Gasteiger partial charge in [0.25, 0.3) is 0 Å². The molecule has 0 heterocycles. The topological polar surface area (TPSA) is 46.5 Å². The highest BCUT2D eigenvalue weighted by atomic mass is 79.9. The molecule has 5 heteroatoms. The number of carbonyl (C=O) groups excluding carboxylic acids is 1. The van der Waals surface area contributed by atoms with Crippen molar-refractivity contribution in [2.24, 2.45) is 0 Å². The van der Waals surface area contributed by atoms with E-state index in [1.165, 1.54) is 6.92 Å². The van der Waals surface area contributed by atoms with Gasteiger partial charge in [0.05, 0.1) is 0 Å². The molecule has 0 spiro atoms. The zero-order chi connectivity index (χ0) is 13.8. The lowest BCUT2D eigenvalue weighted by atomic mass is 10.3. The number of esters is 1. The molecule has 0 aliphatic heterocycles. The van der Waals surface area contributed by atoms with Gasteiger partial charge in [0, 0.05) is 21.2 Å². The average Bonchev–Trinajstić information content (AvgIpc) is 2.34. The van der Waals surface area contributed by atoms with Crippen LogP contribution in [-0.2, 0) is 4.79 Å². The quantitative estimate of drug-likeness (QED) is 0.671. The fourth-order valence-electron chi connectivity index (χ4n) is 1.43. The summed E-state index contributed by atoms with van der Waals surface area (Å²) in [7, 11) is 0. The second-order valence-electron chi connectivity index (χ2n) is 3.78. The van der Waals surface area contributed by atoms with Crippen LogP contribution in [-0.4, -0.2) is 11.1 Å². The highest BCUT2D eigenvalue weighted by molar-refractivity contribution is 9.10. The molecule has 2 aromatic rings. The predicted molar refractivity (Wildman–Crippen MR) is 77.7 cm³/mol. The molecule has 0 aromatic heterocycles. The lowest BCUT2D eigenvalue weighted by Gasteiger charge is -2.07. The lowest BCUT2D eigenvalue weighted by Crippen LogP contribution is -2.01. The van der Waals surface area contributed by atoms with E-state index in [-0.39, 0.29) is 11.7 Å². The summed E-state index contributed by atoms with van der Waals surface area (Å²) in [5.41, 5.74) is 0. The van der Waals surface area contributed by atoms with E-state index < -0.39 is 0 Å². The largest absolute Gasteiger partial charge is 0.508 e. The fourth-order valence-corrected chi connectivity index (χ4v) is 2.85. The van der Waals surface area contributed by atoms with Crippen LogP contribution < -0.4 is 4.74 Å². The van der Waals surface area contributed by atoms with Crippen LogP contribution in [0.5, 0.6) is 11.5 Å². The Bertz CT molecular complexity index is 596. The Labute approximate surface area is 123 Å². The Balaban J connectivity index is 2.17. The summed E-state index contributed by atoms with van der Waals surface area (Å²) >= 11 is 5.00. The van der Waals surface area contributed by atoms with E-state index in [1.54, 1.807) is 36.0 Å². The Hall–Kier alpha value is -1.46. The molecule has 0 saturated carbocycles. The molecule has 0 bridgehead atoms. The maximum absolute atomic E-state index is 10.9. The van der Waals surface area contributed by atoms with Crippen molar-refractivity contribution in [3.63, 3.8) is 0 Å². The van der Waals surface area contributed by atoms with Gasteiger partial charge in [-0.2, -0.15) is 0 Å². The first-order chi connectivity index (χ1) is 9.04. The molecule has 2 aromatic carbocycles. The van der Waals surface area contributed by atoms with Gasteiger partial charge in [-0.25, -0.2) is 0 Å². The van der Waals surface area contributed by atoms with E-state index >= 15 is 0 Å². The van der Waals surface area contributed by atoms with E-state index in [2.05, 4.69) is 15.9 Å². The first kappa shape index (κ1) is 14.0. The molecule has 0 aliphatic rings. The van der Waals surface area contributed by atoms with E-state index in [0.717, 1.165) is 14.3 Å². The molecule has 0 saturated heterocycles. The van der Waals surface area contributed by atoms with Crippen molar-refractivity contribution in [3.05, 3.63) is 46.9 Å². The van der Waals surface area contributed by atoms with Crippen molar-refractivity contribution < 1.29 is 14.6 Å². The molecule has 0 amide bonds. The fraction of sp³-hybridized carbons (Fsp3) is 0.0714. The molecular formula is C14H11BrO3S. The molecule has 98 valence electrons. The number of phenolic OH excluding ortho intramolecular Hbond substituents is 1. The third kappa shape index (κ3) is 4.01. The molecule has 0 unspecified atom stereocenters. The second-order valence-corrected chi connectivity index (χ2v) is 5.75. The molecule has 19 heavy (non-hydrogen) atoms. The highest BCUT2D eigenvalue weighted by Gasteiger charge is 2.06. The summed E-state index contributed by atoms with van der Waals surface area (Å²) in [6.45, 7) is 1.37. The van der Waals surface area contributed by atoms with Gasteiger partial charge in [-0.1, -0.05) is 11.8 Å². The summed E-state index contributed by atoms with van der Waals surface area (Å²) in [5.74, 6) is 0.411. The summed E-state index contributed by atoms with van der Waals surface area (Å²) in [5, 5.41) is 9.23. The highest BCUT2D eigenvalue weighted by Crippen LogP contribution is 2.36. The summed E-state index contributed by atoms with van der Waals surface area (Å²) in [6.07, 6.45) is 0. The average molecular weight is 339 g/mol. The second kappa shape index (κ2) is 6.12. The normalized spacial score (nSPS) is 10.2. The first-order valence-electron chi connectivity index (χ1n) is 5.49. The molecule has 2 rings (SSSR count). The van der Waals surface area contributed by atoms with Gasteiger partial charge in [-0.05, 0) is 58.4 Å². The summed E-state index contributed by atoms with van der Waals surface area (Å²) in [4.78, 5) is 12.9. The van der Waals surface area contributed by atoms with Gasteiger partial charge in [-0.3, -0.25) is 4.79 Å². The van der Waals surface area contributed by atoms with Crippen molar-refractivity contribution in [1.29, 1.82) is 0 Å². The minimum absolute atomic E-state index is 0.244.